The zero-order chi connectivity index (χ0) is 11.3. The molecular weight excluding hydrogens is 238 g/mol. The second-order valence-corrected chi connectivity index (χ2v) is 4.04. The molecule has 2 aromatic heterocycles. The molecule has 0 saturated carbocycles. The monoisotopic (exact) mass is 243 g/mol. The molecule has 16 heavy (non-hydrogen) atoms. The van der Waals surface area contributed by atoms with Gasteiger partial charge in [0.05, 0.1) is 0 Å². The van der Waals surface area contributed by atoms with E-state index < -0.39 is 10.4 Å². The molecular formula is C6H5N5O4S. The van der Waals surface area contributed by atoms with Crippen LogP contribution in [-0.4, -0.2) is 35.3 Å². The predicted molar refractivity (Wildman–Crippen MR) is 50.8 cm³/mol. The van der Waals surface area contributed by atoms with E-state index in [1.54, 1.807) is 7.05 Å². The van der Waals surface area contributed by atoms with Gasteiger partial charge in [-0.15, -0.1) is 13.5 Å². The summed E-state index contributed by atoms with van der Waals surface area (Å²) in [5.74, 6) is -0.195. The Balaban J connectivity index is 2.41. The Hall–Kier alpha value is -2.10. The molecule has 2 aromatic rings. The Bertz CT molecular complexity index is 678. The number of nitrogens with one attached hydrogen (secondary N) is 1. The highest BCUT2D eigenvalue weighted by atomic mass is 32.3. The van der Waals surface area contributed by atoms with E-state index in [1.807, 2.05) is 0 Å². The number of rotatable bonds is 1. The Morgan fingerprint density at radius 3 is 2.81 bits per heavy atom. The summed E-state index contributed by atoms with van der Waals surface area (Å²) >= 11 is 0. The van der Waals surface area contributed by atoms with Gasteiger partial charge in [-0.1, -0.05) is 0 Å². The molecule has 0 aliphatic carbocycles. The highest BCUT2D eigenvalue weighted by molar-refractivity contribution is 7.82. The third-order valence-electron chi connectivity index (χ3n) is 1.97. The van der Waals surface area contributed by atoms with Gasteiger partial charge in [0.1, 0.15) is 11.7 Å². The van der Waals surface area contributed by atoms with Crippen molar-refractivity contribution in [2.45, 2.75) is 0 Å². The number of hydrogen-bond acceptors (Lipinski definition) is 8. The van der Waals surface area contributed by atoms with Crippen LogP contribution in [-0.2, 0) is 10.4 Å². The Morgan fingerprint density at radius 2 is 2.06 bits per heavy atom. The molecule has 10 heteroatoms. The molecule has 0 atom stereocenters. The second-order valence-electron chi connectivity index (χ2n) is 2.89. The summed E-state index contributed by atoms with van der Waals surface area (Å²) in [5.41, 5.74) is 3.06. The minimum atomic E-state index is -4.13. The zero-order valence-electron chi connectivity index (χ0n) is 7.91. The zero-order valence-corrected chi connectivity index (χ0v) is 8.72. The normalized spacial score (nSPS) is 16.6. The van der Waals surface area contributed by atoms with Gasteiger partial charge in [-0.2, -0.15) is 9.77 Å². The third kappa shape index (κ3) is 1.10. The van der Waals surface area contributed by atoms with E-state index in [0.717, 1.165) is 0 Å². The Kier molecular flexibility index (Phi) is 1.56. The van der Waals surface area contributed by atoms with Crippen molar-refractivity contribution in [3.8, 4) is 11.8 Å². The molecule has 0 unspecified atom stereocenters. The number of aromatic nitrogens is 4. The summed E-state index contributed by atoms with van der Waals surface area (Å²) in [6.07, 6.45) is 1.18. The lowest BCUT2D eigenvalue weighted by atomic mass is 10.4. The highest BCUT2D eigenvalue weighted by Gasteiger charge is 2.32. The molecule has 0 fully saturated rings. The van der Waals surface area contributed by atoms with Gasteiger partial charge in [0.2, 0.25) is 0 Å². The van der Waals surface area contributed by atoms with E-state index in [4.69, 9.17) is 0 Å². The van der Waals surface area contributed by atoms with Crippen LogP contribution in [0.2, 0.25) is 0 Å². The van der Waals surface area contributed by atoms with Crippen molar-refractivity contribution >= 4 is 21.4 Å². The summed E-state index contributed by atoms with van der Waals surface area (Å²) < 4.78 is 31.5. The average Bonchev–Trinajstić information content (AvgIpc) is 2.56. The van der Waals surface area contributed by atoms with E-state index in [2.05, 4.69) is 28.9 Å². The van der Waals surface area contributed by atoms with Crippen LogP contribution in [0, 0.1) is 0 Å². The maximum atomic E-state index is 11.2. The van der Waals surface area contributed by atoms with Gasteiger partial charge in [0, 0.05) is 7.05 Å². The van der Waals surface area contributed by atoms with Gasteiger partial charge in [-0.05, 0) is 0 Å². The average molecular weight is 243 g/mol. The fraction of sp³-hybridized carbons (Fsp3) is 0.167. The van der Waals surface area contributed by atoms with Crippen molar-refractivity contribution in [2.24, 2.45) is 0 Å². The SMILES string of the molecule is CNn1nc2c3c(ncnc31)OS(=O)(=O)O2. The molecule has 84 valence electrons. The summed E-state index contributed by atoms with van der Waals surface area (Å²) in [6, 6.07) is 0. The topological polar surface area (TPSA) is 108 Å². The molecule has 0 amide bonds. The van der Waals surface area contributed by atoms with Crippen LogP contribution in [0.5, 0.6) is 11.8 Å². The lowest BCUT2D eigenvalue weighted by molar-refractivity contribution is 0.372. The first-order valence-electron chi connectivity index (χ1n) is 4.16. The van der Waals surface area contributed by atoms with Crippen LogP contribution in [0.4, 0.5) is 0 Å². The number of nitrogens with zero attached hydrogens (tertiary/aromatic N) is 4. The quantitative estimate of drug-likeness (QED) is 0.680. The van der Waals surface area contributed by atoms with Gasteiger partial charge >= 0.3 is 10.4 Å². The number of hydrogen-bond donors (Lipinski definition) is 1. The van der Waals surface area contributed by atoms with Crippen molar-refractivity contribution < 1.29 is 16.8 Å². The first-order chi connectivity index (χ1) is 7.61. The highest BCUT2D eigenvalue weighted by Crippen LogP contribution is 2.35. The molecule has 1 aliphatic rings. The smallest absolute Gasteiger partial charge is 0.331 e. The maximum Gasteiger partial charge on any atom is 0.504 e. The molecule has 0 saturated heterocycles. The predicted octanol–water partition coefficient (Wildman–Crippen LogP) is -0.984. The summed E-state index contributed by atoms with van der Waals surface area (Å²) in [4.78, 5) is 8.91. The molecule has 1 aliphatic heterocycles. The van der Waals surface area contributed by atoms with Gasteiger partial charge in [-0.25, -0.2) is 4.98 Å². The first kappa shape index (κ1) is 9.15. The Labute approximate surface area is 89.3 Å². The minimum Gasteiger partial charge on any atom is -0.331 e. The summed E-state index contributed by atoms with van der Waals surface area (Å²) in [6.45, 7) is 0. The van der Waals surface area contributed by atoms with E-state index in [9.17, 15) is 8.42 Å². The van der Waals surface area contributed by atoms with Crippen LogP contribution in [0.3, 0.4) is 0 Å². The van der Waals surface area contributed by atoms with E-state index >= 15 is 0 Å². The largest absolute Gasteiger partial charge is 0.504 e. The van der Waals surface area contributed by atoms with Crippen molar-refractivity contribution in [2.75, 3.05) is 12.5 Å². The standard InChI is InChI=1S/C6H5N5O4S/c1-7-11-4-3-5(9-2-8-4)14-16(12,13)15-6(3)10-11/h2,7H,1H3. The fourth-order valence-corrected chi connectivity index (χ4v) is 2.05. The minimum absolute atomic E-state index is 0.0900. The van der Waals surface area contributed by atoms with Crippen LogP contribution >= 0.6 is 0 Å². The molecule has 3 heterocycles. The van der Waals surface area contributed by atoms with Crippen molar-refractivity contribution in [3.05, 3.63) is 6.33 Å². The van der Waals surface area contributed by atoms with Gasteiger partial charge in [0.15, 0.2) is 5.65 Å². The molecule has 0 radical (unpaired) electrons. The van der Waals surface area contributed by atoms with E-state index in [1.165, 1.54) is 11.1 Å². The van der Waals surface area contributed by atoms with E-state index in [0.29, 0.717) is 11.0 Å². The van der Waals surface area contributed by atoms with Crippen molar-refractivity contribution in [3.63, 3.8) is 0 Å². The molecule has 9 nitrogen and oxygen atoms in total. The van der Waals surface area contributed by atoms with Gasteiger partial charge in [0.25, 0.3) is 11.8 Å². The Morgan fingerprint density at radius 1 is 1.31 bits per heavy atom. The first-order valence-corrected chi connectivity index (χ1v) is 5.49. The van der Waals surface area contributed by atoms with Gasteiger partial charge in [-0.3, -0.25) is 0 Å². The molecule has 1 N–H and O–H groups in total. The van der Waals surface area contributed by atoms with E-state index in [-0.39, 0.29) is 11.8 Å². The fourth-order valence-electron chi connectivity index (χ4n) is 1.38. The van der Waals surface area contributed by atoms with Crippen LogP contribution in [0.1, 0.15) is 0 Å². The lowest BCUT2D eigenvalue weighted by Crippen LogP contribution is -2.20. The molecule has 0 bridgehead atoms. The third-order valence-corrected chi connectivity index (χ3v) is 2.70. The van der Waals surface area contributed by atoms with Crippen LogP contribution in [0.15, 0.2) is 6.33 Å². The molecule has 3 rings (SSSR count). The molecule has 0 spiro atoms. The maximum absolute atomic E-state index is 11.2. The second kappa shape index (κ2) is 2.72. The van der Waals surface area contributed by atoms with Crippen LogP contribution < -0.4 is 13.8 Å². The van der Waals surface area contributed by atoms with Gasteiger partial charge < -0.3 is 13.8 Å². The lowest BCUT2D eigenvalue weighted by Gasteiger charge is -2.10. The van der Waals surface area contributed by atoms with Crippen LogP contribution in [0.25, 0.3) is 11.0 Å². The summed E-state index contributed by atoms with van der Waals surface area (Å²) in [5, 5.41) is 4.17. The van der Waals surface area contributed by atoms with Crippen molar-refractivity contribution in [1.29, 1.82) is 0 Å². The summed E-state index contributed by atoms with van der Waals surface area (Å²) in [7, 11) is -2.53. The van der Waals surface area contributed by atoms with Crippen molar-refractivity contribution in [1.82, 2.24) is 19.9 Å². The molecule has 0 aromatic carbocycles.